The summed E-state index contributed by atoms with van der Waals surface area (Å²) in [6.45, 7) is 13.2. The van der Waals surface area contributed by atoms with Gasteiger partial charge in [-0.2, -0.15) is 0 Å². The second-order valence-electron chi connectivity index (χ2n) is 9.19. The molecule has 0 spiro atoms. The summed E-state index contributed by atoms with van der Waals surface area (Å²) >= 11 is 0. The van der Waals surface area contributed by atoms with E-state index in [1.807, 2.05) is 11.8 Å². The third-order valence-electron chi connectivity index (χ3n) is 6.35. The SMILES string of the molecule is Cc1ccc(NC(=O)[C@H](C)N2CCN(CC(=O)N3C[C@H](C)C[C@@H](C)C3)CC2)cc1F. The van der Waals surface area contributed by atoms with Gasteiger partial charge in [0.1, 0.15) is 5.82 Å². The number of rotatable bonds is 5. The van der Waals surface area contributed by atoms with Gasteiger partial charge in [0, 0.05) is 45.0 Å². The van der Waals surface area contributed by atoms with Crippen molar-refractivity contribution in [3.05, 3.63) is 29.6 Å². The van der Waals surface area contributed by atoms with Crippen LogP contribution in [0, 0.1) is 24.6 Å². The van der Waals surface area contributed by atoms with Gasteiger partial charge in [-0.25, -0.2) is 4.39 Å². The average molecular weight is 419 g/mol. The maximum atomic E-state index is 13.7. The molecule has 2 aliphatic heterocycles. The lowest BCUT2D eigenvalue weighted by molar-refractivity contribution is -0.136. The molecule has 6 nitrogen and oxygen atoms in total. The molecule has 0 aromatic heterocycles. The molecule has 0 bridgehead atoms. The first-order chi connectivity index (χ1) is 14.2. The Morgan fingerprint density at radius 2 is 1.77 bits per heavy atom. The van der Waals surface area contributed by atoms with Crippen LogP contribution in [0.2, 0.25) is 0 Å². The second-order valence-corrected chi connectivity index (χ2v) is 9.19. The van der Waals surface area contributed by atoms with Crippen LogP contribution < -0.4 is 5.32 Å². The van der Waals surface area contributed by atoms with Crippen molar-refractivity contribution in [1.29, 1.82) is 0 Å². The number of nitrogens with zero attached hydrogens (tertiary/aromatic N) is 3. The molecule has 30 heavy (non-hydrogen) atoms. The van der Waals surface area contributed by atoms with Crippen molar-refractivity contribution in [3.8, 4) is 0 Å². The Kier molecular flexibility index (Phi) is 7.47. The Morgan fingerprint density at radius 1 is 1.13 bits per heavy atom. The van der Waals surface area contributed by atoms with E-state index in [2.05, 4.69) is 29.0 Å². The highest BCUT2D eigenvalue weighted by Crippen LogP contribution is 2.21. The molecule has 2 amide bonds. The molecule has 1 aromatic carbocycles. The van der Waals surface area contributed by atoms with E-state index in [-0.39, 0.29) is 23.7 Å². The van der Waals surface area contributed by atoms with Gasteiger partial charge in [0.05, 0.1) is 12.6 Å². The average Bonchev–Trinajstić information content (AvgIpc) is 2.70. The van der Waals surface area contributed by atoms with Crippen LogP contribution in [-0.4, -0.2) is 78.4 Å². The fourth-order valence-electron chi connectivity index (χ4n) is 4.55. The number of hydrogen-bond donors (Lipinski definition) is 1. The van der Waals surface area contributed by atoms with Gasteiger partial charge in [0.2, 0.25) is 11.8 Å². The van der Waals surface area contributed by atoms with Gasteiger partial charge >= 0.3 is 0 Å². The van der Waals surface area contributed by atoms with Gasteiger partial charge in [-0.15, -0.1) is 0 Å². The number of hydrogen-bond acceptors (Lipinski definition) is 4. The summed E-state index contributed by atoms with van der Waals surface area (Å²) < 4.78 is 13.7. The van der Waals surface area contributed by atoms with Crippen molar-refractivity contribution in [2.45, 2.75) is 40.2 Å². The molecule has 3 atom stereocenters. The molecule has 1 aromatic rings. The minimum Gasteiger partial charge on any atom is -0.341 e. The topological polar surface area (TPSA) is 55.9 Å². The van der Waals surface area contributed by atoms with Crippen molar-refractivity contribution < 1.29 is 14.0 Å². The number of piperidine rings is 1. The summed E-state index contributed by atoms with van der Waals surface area (Å²) in [5.74, 6) is 0.885. The predicted molar refractivity (Wildman–Crippen MR) is 117 cm³/mol. The first kappa shape index (κ1) is 22.7. The Morgan fingerprint density at radius 3 is 2.37 bits per heavy atom. The van der Waals surface area contributed by atoms with Gasteiger partial charge < -0.3 is 10.2 Å². The molecule has 2 fully saturated rings. The van der Waals surface area contributed by atoms with Crippen LogP contribution in [0.1, 0.15) is 32.8 Å². The molecule has 0 aliphatic carbocycles. The number of piperazine rings is 1. The van der Waals surface area contributed by atoms with E-state index in [0.717, 1.165) is 39.3 Å². The van der Waals surface area contributed by atoms with E-state index in [1.54, 1.807) is 19.1 Å². The van der Waals surface area contributed by atoms with E-state index in [4.69, 9.17) is 0 Å². The molecule has 3 rings (SSSR count). The minimum atomic E-state index is -0.323. The molecule has 0 unspecified atom stereocenters. The second kappa shape index (κ2) is 9.88. The fraction of sp³-hybridized carbons (Fsp3) is 0.652. The number of benzene rings is 1. The third-order valence-corrected chi connectivity index (χ3v) is 6.35. The van der Waals surface area contributed by atoms with Crippen LogP contribution in [-0.2, 0) is 9.59 Å². The molecular formula is C23H35FN4O2. The zero-order valence-electron chi connectivity index (χ0n) is 18.7. The number of likely N-dealkylation sites (tertiary alicyclic amines) is 1. The minimum absolute atomic E-state index is 0.140. The Labute approximate surface area is 179 Å². The normalized spacial score (nSPS) is 24.5. The van der Waals surface area contributed by atoms with Crippen molar-refractivity contribution in [3.63, 3.8) is 0 Å². The van der Waals surface area contributed by atoms with Crippen LogP contribution in [0.15, 0.2) is 18.2 Å². The fourth-order valence-corrected chi connectivity index (χ4v) is 4.55. The van der Waals surface area contributed by atoms with Gasteiger partial charge in [-0.3, -0.25) is 19.4 Å². The summed E-state index contributed by atoms with van der Waals surface area (Å²) in [7, 11) is 0. The first-order valence-electron chi connectivity index (χ1n) is 11.0. The lowest BCUT2D eigenvalue weighted by atomic mass is 9.92. The number of carbonyl (C=O) groups excluding carboxylic acids is 2. The molecule has 0 saturated carbocycles. The van der Waals surface area contributed by atoms with E-state index in [1.165, 1.54) is 12.5 Å². The monoisotopic (exact) mass is 418 g/mol. The third kappa shape index (κ3) is 5.79. The van der Waals surface area contributed by atoms with E-state index < -0.39 is 0 Å². The number of halogens is 1. The smallest absolute Gasteiger partial charge is 0.241 e. The standard InChI is InChI=1S/C23H35FN4O2/c1-16-11-17(2)14-28(13-16)22(29)15-26-7-9-27(10-8-26)19(4)23(30)25-20-6-5-18(3)21(24)12-20/h5-6,12,16-17,19H,7-11,13-15H2,1-4H3,(H,25,30)/t16-,17-,19+/m1/s1. The maximum Gasteiger partial charge on any atom is 0.241 e. The molecule has 0 radical (unpaired) electrons. The quantitative estimate of drug-likeness (QED) is 0.799. The Bertz CT molecular complexity index is 754. The molecule has 166 valence electrons. The van der Waals surface area contributed by atoms with Crippen molar-refractivity contribution in [2.75, 3.05) is 51.1 Å². The predicted octanol–water partition coefficient (Wildman–Crippen LogP) is 2.58. The van der Waals surface area contributed by atoms with Crippen LogP contribution in [0.25, 0.3) is 0 Å². The van der Waals surface area contributed by atoms with E-state index in [9.17, 15) is 14.0 Å². The van der Waals surface area contributed by atoms with Crippen LogP contribution in [0.3, 0.4) is 0 Å². The Balaban J connectivity index is 1.45. The van der Waals surface area contributed by atoms with Gasteiger partial charge in [-0.05, 0) is 49.8 Å². The number of aryl methyl sites for hydroxylation is 1. The number of amides is 2. The van der Waals surface area contributed by atoms with Crippen LogP contribution >= 0.6 is 0 Å². The van der Waals surface area contributed by atoms with Crippen LogP contribution in [0.4, 0.5) is 10.1 Å². The lowest BCUT2D eigenvalue weighted by Gasteiger charge is -2.39. The van der Waals surface area contributed by atoms with E-state index in [0.29, 0.717) is 29.6 Å². The summed E-state index contributed by atoms with van der Waals surface area (Å²) in [4.78, 5) is 31.6. The van der Waals surface area contributed by atoms with Gasteiger partial charge in [-0.1, -0.05) is 19.9 Å². The molecule has 2 saturated heterocycles. The molecule has 1 N–H and O–H groups in total. The maximum absolute atomic E-state index is 13.7. The molecular weight excluding hydrogens is 383 g/mol. The highest BCUT2D eigenvalue weighted by Gasteiger charge is 2.29. The number of anilines is 1. The summed E-state index contributed by atoms with van der Waals surface area (Å²) in [5.41, 5.74) is 1.03. The lowest BCUT2D eigenvalue weighted by Crippen LogP contribution is -2.55. The van der Waals surface area contributed by atoms with Crippen molar-refractivity contribution >= 4 is 17.5 Å². The first-order valence-corrected chi connectivity index (χ1v) is 11.0. The molecule has 7 heteroatoms. The molecule has 2 aliphatic rings. The van der Waals surface area contributed by atoms with Gasteiger partial charge in [0.15, 0.2) is 0 Å². The van der Waals surface area contributed by atoms with Gasteiger partial charge in [0.25, 0.3) is 0 Å². The largest absolute Gasteiger partial charge is 0.341 e. The summed E-state index contributed by atoms with van der Waals surface area (Å²) in [6.07, 6.45) is 1.19. The number of nitrogens with one attached hydrogen (secondary N) is 1. The Hall–Kier alpha value is -1.99. The van der Waals surface area contributed by atoms with E-state index >= 15 is 0 Å². The summed E-state index contributed by atoms with van der Waals surface area (Å²) in [6, 6.07) is 4.42. The zero-order valence-corrected chi connectivity index (χ0v) is 18.7. The number of carbonyl (C=O) groups is 2. The highest BCUT2D eigenvalue weighted by molar-refractivity contribution is 5.94. The zero-order chi connectivity index (χ0) is 21.8. The van der Waals surface area contributed by atoms with Crippen molar-refractivity contribution in [1.82, 2.24) is 14.7 Å². The highest BCUT2D eigenvalue weighted by atomic mass is 19.1. The van der Waals surface area contributed by atoms with Crippen molar-refractivity contribution in [2.24, 2.45) is 11.8 Å². The summed E-state index contributed by atoms with van der Waals surface area (Å²) in [5, 5.41) is 2.81. The molecule has 2 heterocycles. The van der Waals surface area contributed by atoms with Crippen LogP contribution in [0.5, 0.6) is 0 Å².